The lowest BCUT2D eigenvalue weighted by Crippen LogP contribution is -2.30. The molecule has 23 heavy (non-hydrogen) atoms. The zero-order chi connectivity index (χ0) is 16.4. The largest absolute Gasteiger partial charge is 0.481 e. The number of carbonyl (C=O) groups is 1. The molecular formula is C19H20FNO2. The summed E-state index contributed by atoms with van der Waals surface area (Å²) in [6.07, 6.45) is 2.70. The lowest BCUT2D eigenvalue weighted by molar-refractivity contribution is -0.122. The van der Waals surface area contributed by atoms with Crippen molar-refractivity contribution in [2.24, 2.45) is 0 Å². The van der Waals surface area contributed by atoms with Gasteiger partial charge in [-0.3, -0.25) is 4.79 Å². The lowest BCUT2D eigenvalue weighted by Gasteiger charge is -2.15. The third-order valence-electron chi connectivity index (χ3n) is 4.19. The molecular weight excluding hydrogens is 293 g/mol. The molecule has 0 heterocycles. The van der Waals surface area contributed by atoms with E-state index in [0.717, 1.165) is 12.8 Å². The molecule has 120 valence electrons. The van der Waals surface area contributed by atoms with E-state index < -0.39 is 6.10 Å². The van der Waals surface area contributed by atoms with Gasteiger partial charge in [-0.05, 0) is 74.1 Å². The third kappa shape index (κ3) is 3.52. The molecule has 0 bridgehead atoms. The molecule has 0 saturated carbocycles. The molecule has 0 radical (unpaired) electrons. The minimum absolute atomic E-state index is 0.297. The van der Waals surface area contributed by atoms with E-state index in [9.17, 15) is 9.18 Å². The van der Waals surface area contributed by atoms with Crippen molar-refractivity contribution in [3.8, 4) is 5.75 Å². The molecule has 0 spiro atoms. The van der Waals surface area contributed by atoms with E-state index in [-0.39, 0.29) is 11.7 Å². The number of benzene rings is 2. The summed E-state index contributed by atoms with van der Waals surface area (Å²) in [4.78, 5) is 12.2. The molecule has 0 aromatic heterocycles. The molecule has 3 nitrogen and oxygen atoms in total. The Bertz CT molecular complexity index is 742. The number of hydrogen-bond donors (Lipinski definition) is 1. The number of carbonyl (C=O) groups excluding carboxylic acids is 1. The van der Waals surface area contributed by atoms with Gasteiger partial charge in [0.1, 0.15) is 11.6 Å². The Labute approximate surface area is 135 Å². The van der Waals surface area contributed by atoms with Crippen LogP contribution in [0.3, 0.4) is 0 Å². The highest BCUT2D eigenvalue weighted by atomic mass is 19.1. The number of aryl methyl sites for hydroxylation is 3. The fourth-order valence-electron chi connectivity index (χ4n) is 2.79. The Morgan fingerprint density at radius 1 is 1.17 bits per heavy atom. The molecule has 1 N–H and O–H groups in total. The SMILES string of the molecule is Cc1ccc(NC(=O)C(C)Oc2ccc3c(c2)CCC3)cc1F. The Morgan fingerprint density at radius 3 is 2.74 bits per heavy atom. The van der Waals surface area contributed by atoms with E-state index >= 15 is 0 Å². The van der Waals surface area contributed by atoms with Gasteiger partial charge in [0.05, 0.1) is 0 Å². The summed E-state index contributed by atoms with van der Waals surface area (Å²) in [5.41, 5.74) is 3.65. The van der Waals surface area contributed by atoms with Crippen molar-refractivity contribution >= 4 is 11.6 Å². The summed E-state index contributed by atoms with van der Waals surface area (Å²) in [6, 6.07) is 10.6. The number of fused-ring (bicyclic) bond motifs is 1. The molecule has 0 saturated heterocycles. The van der Waals surface area contributed by atoms with Crippen molar-refractivity contribution < 1.29 is 13.9 Å². The minimum atomic E-state index is -0.654. The second-order valence-electron chi connectivity index (χ2n) is 6.00. The Balaban J connectivity index is 1.64. The monoisotopic (exact) mass is 313 g/mol. The van der Waals surface area contributed by atoms with E-state index in [4.69, 9.17) is 4.74 Å². The predicted molar refractivity (Wildman–Crippen MR) is 88.3 cm³/mol. The van der Waals surface area contributed by atoms with Crippen LogP contribution in [0.5, 0.6) is 5.75 Å². The number of halogens is 1. The summed E-state index contributed by atoms with van der Waals surface area (Å²) in [5, 5.41) is 2.68. The summed E-state index contributed by atoms with van der Waals surface area (Å²) in [6.45, 7) is 3.37. The average molecular weight is 313 g/mol. The van der Waals surface area contributed by atoms with Gasteiger partial charge < -0.3 is 10.1 Å². The van der Waals surface area contributed by atoms with Crippen LogP contribution >= 0.6 is 0 Å². The predicted octanol–water partition coefficient (Wildman–Crippen LogP) is 4.03. The molecule has 1 amide bonds. The minimum Gasteiger partial charge on any atom is -0.481 e. The van der Waals surface area contributed by atoms with Gasteiger partial charge in [0.25, 0.3) is 5.91 Å². The van der Waals surface area contributed by atoms with Crippen molar-refractivity contribution in [2.75, 3.05) is 5.32 Å². The topological polar surface area (TPSA) is 38.3 Å². The van der Waals surface area contributed by atoms with Gasteiger partial charge in [0.2, 0.25) is 0 Å². The first-order chi connectivity index (χ1) is 11.0. The first kappa shape index (κ1) is 15.5. The fourth-order valence-corrected chi connectivity index (χ4v) is 2.79. The quantitative estimate of drug-likeness (QED) is 0.925. The van der Waals surface area contributed by atoms with Crippen LogP contribution < -0.4 is 10.1 Å². The van der Waals surface area contributed by atoms with E-state index in [0.29, 0.717) is 17.0 Å². The molecule has 0 aliphatic heterocycles. The van der Waals surface area contributed by atoms with Crippen LogP contribution in [0.4, 0.5) is 10.1 Å². The number of hydrogen-bond acceptors (Lipinski definition) is 2. The van der Waals surface area contributed by atoms with E-state index in [1.54, 1.807) is 26.0 Å². The summed E-state index contributed by atoms with van der Waals surface area (Å²) < 4.78 is 19.2. The molecule has 0 fully saturated rings. The normalized spacial score (nSPS) is 14.2. The van der Waals surface area contributed by atoms with Crippen LogP contribution in [0.2, 0.25) is 0 Å². The average Bonchev–Trinajstić information content (AvgIpc) is 2.98. The maximum absolute atomic E-state index is 13.5. The van der Waals surface area contributed by atoms with Gasteiger partial charge >= 0.3 is 0 Å². The van der Waals surface area contributed by atoms with Crippen LogP contribution in [-0.4, -0.2) is 12.0 Å². The van der Waals surface area contributed by atoms with E-state index in [2.05, 4.69) is 11.4 Å². The first-order valence-electron chi connectivity index (χ1n) is 7.88. The molecule has 1 atom stereocenters. The Kier molecular flexibility index (Phi) is 4.33. The molecule has 4 heteroatoms. The van der Waals surface area contributed by atoms with Crippen molar-refractivity contribution in [2.45, 2.75) is 39.2 Å². The second kappa shape index (κ2) is 6.41. The summed E-state index contributed by atoms with van der Waals surface area (Å²) in [7, 11) is 0. The summed E-state index contributed by atoms with van der Waals surface area (Å²) in [5.74, 6) is 0.0622. The number of anilines is 1. The molecule has 1 aliphatic carbocycles. The van der Waals surface area contributed by atoms with E-state index in [1.165, 1.54) is 23.6 Å². The van der Waals surface area contributed by atoms with Crippen molar-refractivity contribution in [1.82, 2.24) is 0 Å². The van der Waals surface area contributed by atoms with Gasteiger partial charge in [0, 0.05) is 5.69 Å². The molecule has 2 aromatic carbocycles. The maximum Gasteiger partial charge on any atom is 0.265 e. The first-order valence-corrected chi connectivity index (χ1v) is 7.88. The molecule has 2 aromatic rings. The highest BCUT2D eigenvalue weighted by Gasteiger charge is 2.17. The highest BCUT2D eigenvalue weighted by molar-refractivity contribution is 5.94. The maximum atomic E-state index is 13.5. The van der Waals surface area contributed by atoms with Gasteiger partial charge in [-0.2, -0.15) is 0 Å². The van der Waals surface area contributed by atoms with Crippen molar-refractivity contribution in [3.63, 3.8) is 0 Å². The zero-order valence-electron chi connectivity index (χ0n) is 13.4. The van der Waals surface area contributed by atoms with Gasteiger partial charge in [0.15, 0.2) is 6.10 Å². The molecule has 1 aliphatic rings. The van der Waals surface area contributed by atoms with Gasteiger partial charge in [-0.15, -0.1) is 0 Å². The Morgan fingerprint density at radius 2 is 1.96 bits per heavy atom. The van der Waals surface area contributed by atoms with E-state index in [1.807, 2.05) is 12.1 Å². The highest BCUT2D eigenvalue weighted by Crippen LogP contribution is 2.26. The van der Waals surface area contributed by atoms with Crippen molar-refractivity contribution in [3.05, 3.63) is 58.9 Å². The summed E-state index contributed by atoms with van der Waals surface area (Å²) >= 11 is 0. The lowest BCUT2D eigenvalue weighted by atomic mass is 10.1. The van der Waals surface area contributed by atoms with Crippen LogP contribution in [0.15, 0.2) is 36.4 Å². The number of amides is 1. The number of ether oxygens (including phenoxy) is 1. The number of nitrogens with one attached hydrogen (secondary N) is 1. The second-order valence-corrected chi connectivity index (χ2v) is 6.00. The van der Waals surface area contributed by atoms with Gasteiger partial charge in [-0.25, -0.2) is 4.39 Å². The van der Waals surface area contributed by atoms with Crippen LogP contribution in [0, 0.1) is 12.7 Å². The fraction of sp³-hybridized carbons (Fsp3) is 0.316. The van der Waals surface area contributed by atoms with Crippen LogP contribution in [-0.2, 0) is 17.6 Å². The third-order valence-corrected chi connectivity index (χ3v) is 4.19. The standard InChI is InChI=1S/C19H20FNO2/c1-12-6-8-16(11-18(12)20)21-19(22)13(2)23-17-9-7-14-4-3-5-15(14)10-17/h6-11,13H,3-5H2,1-2H3,(H,21,22). The molecule has 3 rings (SSSR count). The number of rotatable bonds is 4. The molecule has 1 unspecified atom stereocenters. The zero-order valence-corrected chi connectivity index (χ0v) is 13.4. The van der Waals surface area contributed by atoms with Crippen molar-refractivity contribution in [1.29, 1.82) is 0 Å². The van der Waals surface area contributed by atoms with Crippen LogP contribution in [0.1, 0.15) is 30.0 Å². The van der Waals surface area contributed by atoms with Gasteiger partial charge in [-0.1, -0.05) is 12.1 Å². The smallest absolute Gasteiger partial charge is 0.265 e. The Hall–Kier alpha value is -2.36. The van der Waals surface area contributed by atoms with Crippen LogP contribution in [0.25, 0.3) is 0 Å².